The summed E-state index contributed by atoms with van der Waals surface area (Å²) >= 11 is 0. The predicted octanol–water partition coefficient (Wildman–Crippen LogP) is 4.77. The summed E-state index contributed by atoms with van der Waals surface area (Å²) in [5.74, 6) is 2.76. The second-order valence-corrected chi connectivity index (χ2v) is 6.65. The Hall–Kier alpha value is -3.28. The molecule has 28 heavy (non-hydrogen) atoms. The van der Waals surface area contributed by atoms with Crippen molar-refractivity contribution in [3.05, 3.63) is 64.8 Å². The van der Waals surface area contributed by atoms with Gasteiger partial charge in [0.15, 0.2) is 11.5 Å². The van der Waals surface area contributed by atoms with Crippen LogP contribution in [0.3, 0.4) is 0 Å². The number of para-hydroxylation sites is 1. The maximum absolute atomic E-state index is 5.37. The van der Waals surface area contributed by atoms with Crippen molar-refractivity contribution in [2.75, 3.05) is 24.9 Å². The van der Waals surface area contributed by atoms with Crippen LogP contribution in [0.4, 0.5) is 17.5 Å². The molecule has 0 fully saturated rings. The van der Waals surface area contributed by atoms with Gasteiger partial charge in [-0.15, -0.1) is 0 Å². The van der Waals surface area contributed by atoms with Gasteiger partial charge in [0, 0.05) is 24.0 Å². The van der Waals surface area contributed by atoms with Crippen LogP contribution in [0.5, 0.6) is 11.5 Å². The zero-order valence-corrected chi connectivity index (χ0v) is 17.0. The number of methoxy groups -OCH3 is 2. The van der Waals surface area contributed by atoms with Gasteiger partial charge in [-0.3, -0.25) is 0 Å². The molecule has 3 aromatic rings. The molecule has 6 heteroatoms. The van der Waals surface area contributed by atoms with Crippen LogP contribution >= 0.6 is 0 Å². The number of aromatic nitrogens is 2. The number of anilines is 3. The summed E-state index contributed by atoms with van der Waals surface area (Å²) in [7, 11) is 3.26. The molecule has 0 aliphatic heterocycles. The smallest absolute Gasteiger partial charge is 0.229 e. The summed E-state index contributed by atoms with van der Waals surface area (Å²) in [5.41, 5.74) is 5.31. The van der Waals surface area contributed by atoms with E-state index < -0.39 is 0 Å². The number of ether oxygens (including phenoxy) is 2. The van der Waals surface area contributed by atoms with E-state index in [0.717, 1.165) is 33.9 Å². The fraction of sp³-hybridized carbons (Fsp3) is 0.273. The van der Waals surface area contributed by atoms with Crippen molar-refractivity contribution in [1.82, 2.24) is 9.97 Å². The zero-order valence-electron chi connectivity index (χ0n) is 17.0. The van der Waals surface area contributed by atoms with Crippen LogP contribution in [-0.2, 0) is 6.54 Å². The first kappa shape index (κ1) is 19.5. The average Bonchev–Trinajstić information content (AvgIpc) is 2.68. The molecule has 1 heterocycles. The van der Waals surface area contributed by atoms with Gasteiger partial charge >= 0.3 is 0 Å². The van der Waals surface area contributed by atoms with Gasteiger partial charge < -0.3 is 20.1 Å². The molecule has 0 aliphatic carbocycles. The zero-order chi connectivity index (χ0) is 20.1. The standard InChI is InChI=1S/C22H26N4O2/c1-14-7-6-8-15(2)21(14)26-22-24-16(3)11-20(25-22)23-13-17-9-10-18(27-4)19(12-17)28-5/h6-12H,13H2,1-5H3,(H2,23,24,25,26). The number of hydrogen-bond donors (Lipinski definition) is 2. The van der Waals surface area contributed by atoms with Crippen LogP contribution in [-0.4, -0.2) is 24.2 Å². The minimum atomic E-state index is 0.576. The first-order valence-electron chi connectivity index (χ1n) is 9.14. The van der Waals surface area contributed by atoms with Gasteiger partial charge in [0.1, 0.15) is 5.82 Å². The molecule has 1 aromatic heterocycles. The highest BCUT2D eigenvalue weighted by atomic mass is 16.5. The van der Waals surface area contributed by atoms with E-state index >= 15 is 0 Å². The third-order valence-electron chi connectivity index (χ3n) is 4.49. The number of aryl methyl sites for hydroxylation is 3. The summed E-state index contributed by atoms with van der Waals surface area (Å²) in [5, 5.41) is 6.71. The van der Waals surface area contributed by atoms with Gasteiger partial charge in [-0.25, -0.2) is 4.98 Å². The van der Waals surface area contributed by atoms with Gasteiger partial charge in [0.05, 0.1) is 14.2 Å². The highest BCUT2D eigenvalue weighted by molar-refractivity contribution is 5.63. The molecule has 2 aromatic carbocycles. The molecule has 0 bridgehead atoms. The van der Waals surface area contributed by atoms with Crippen molar-refractivity contribution in [2.45, 2.75) is 27.3 Å². The first-order valence-corrected chi connectivity index (χ1v) is 9.14. The van der Waals surface area contributed by atoms with Crippen LogP contribution in [0, 0.1) is 20.8 Å². The number of hydrogen-bond acceptors (Lipinski definition) is 6. The lowest BCUT2D eigenvalue weighted by Gasteiger charge is -2.14. The fourth-order valence-corrected chi connectivity index (χ4v) is 3.02. The van der Waals surface area contributed by atoms with E-state index in [0.29, 0.717) is 24.0 Å². The van der Waals surface area contributed by atoms with Gasteiger partial charge in [-0.1, -0.05) is 24.3 Å². The summed E-state index contributed by atoms with van der Waals surface area (Å²) in [6.45, 7) is 6.71. The minimum Gasteiger partial charge on any atom is -0.493 e. The lowest BCUT2D eigenvalue weighted by Crippen LogP contribution is -2.07. The van der Waals surface area contributed by atoms with Gasteiger partial charge in [0.2, 0.25) is 5.95 Å². The van der Waals surface area contributed by atoms with E-state index in [2.05, 4.69) is 46.6 Å². The Morgan fingerprint density at radius 1 is 0.857 bits per heavy atom. The van der Waals surface area contributed by atoms with Crippen LogP contribution in [0.1, 0.15) is 22.4 Å². The summed E-state index contributed by atoms with van der Waals surface area (Å²) in [6, 6.07) is 14.0. The number of benzene rings is 2. The van der Waals surface area contributed by atoms with E-state index in [-0.39, 0.29) is 0 Å². The second kappa shape index (κ2) is 8.61. The Morgan fingerprint density at radius 3 is 2.25 bits per heavy atom. The molecular formula is C22H26N4O2. The Balaban J connectivity index is 1.77. The molecule has 6 nitrogen and oxygen atoms in total. The van der Waals surface area contributed by atoms with Crippen LogP contribution in [0.2, 0.25) is 0 Å². The van der Waals surface area contributed by atoms with Crippen LogP contribution in [0.15, 0.2) is 42.5 Å². The third kappa shape index (κ3) is 4.52. The topological polar surface area (TPSA) is 68.3 Å². The quantitative estimate of drug-likeness (QED) is 0.617. The summed E-state index contributed by atoms with van der Waals surface area (Å²) in [6.07, 6.45) is 0. The molecule has 0 aliphatic rings. The Labute approximate surface area is 166 Å². The normalized spacial score (nSPS) is 10.5. The Bertz CT molecular complexity index is 952. The van der Waals surface area contributed by atoms with E-state index in [1.807, 2.05) is 37.3 Å². The molecule has 0 spiro atoms. The van der Waals surface area contributed by atoms with Crippen LogP contribution in [0.25, 0.3) is 0 Å². The molecule has 0 unspecified atom stereocenters. The molecule has 0 saturated carbocycles. The van der Waals surface area contributed by atoms with Crippen molar-refractivity contribution in [3.63, 3.8) is 0 Å². The monoisotopic (exact) mass is 378 g/mol. The summed E-state index contributed by atoms with van der Waals surface area (Å²) < 4.78 is 10.7. The maximum Gasteiger partial charge on any atom is 0.229 e. The molecule has 2 N–H and O–H groups in total. The van der Waals surface area contributed by atoms with E-state index in [4.69, 9.17) is 9.47 Å². The van der Waals surface area contributed by atoms with E-state index in [9.17, 15) is 0 Å². The van der Waals surface area contributed by atoms with Crippen molar-refractivity contribution in [1.29, 1.82) is 0 Å². The number of nitrogens with zero attached hydrogens (tertiary/aromatic N) is 2. The number of nitrogens with one attached hydrogen (secondary N) is 2. The highest BCUT2D eigenvalue weighted by Gasteiger charge is 2.08. The molecule has 0 saturated heterocycles. The number of rotatable bonds is 7. The largest absolute Gasteiger partial charge is 0.493 e. The lowest BCUT2D eigenvalue weighted by atomic mass is 10.1. The van der Waals surface area contributed by atoms with Crippen molar-refractivity contribution < 1.29 is 9.47 Å². The van der Waals surface area contributed by atoms with E-state index in [1.165, 1.54) is 0 Å². The third-order valence-corrected chi connectivity index (χ3v) is 4.49. The predicted molar refractivity (Wildman–Crippen MR) is 113 cm³/mol. The lowest BCUT2D eigenvalue weighted by molar-refractivity contribution is 0.354. The Morgan fingerprint density at radius 2 is 1.57 bits per heavy atom. The first-order chi connectivity index (χ1) is 13.5. The average molecular weight is 378 g/mol. The molecule has 3 rings (SSSR count). The Kier molecular flexibility index (Phi) is 5.99. The van der Waals surface area contributed by atoms with Crippen molar-refractivity contribution >= 4 is 17.5 Å². The van der Waals surface area contributed by atoms with Gasteiger partial charge in [-0.2, -0.15) is 4.98 Å². The molecule has 0 atom stereocenters. The van der Waals surface area contributed by atoms with E-state index in [1.54, 1.807) is 14.2 Å². The van der Waals surface area contributed by atoms with Crippen LogP contribution < -0.4 is 20.1 Å². The van der Waals surface area contributed by atoms with Gasteiger partial charge in [0.25, 0.3) is 0 Å². The molecule has 0 amide bonds. The second-order valence-electron chi connectivity index (χ2n) is 6.65. The molecule has 0 radical (unpaired) electrons. The summed E-state index contributed by atoms with van der Waals surface area (Å²) in [4.78, 5) is 9.13. The van der Waals surface area contributed by atoms with Crippen molar-refractivity contribution in [3.8, 4) is 11.5 Å². The molecule has 146 valence electrons. The van der Waals surface area contributed by atoms with Crippen molar-refractivity contribution in [2.24, 2.45) is 0 Å². The fourth-order valence-electron chi connectivity index (χ4n) is 3.02. The minimum absolute atomic E-state index is 0.576. The highest BCUT2D eigenvalue weighted by Crippen LogP contribution is 2.28. The molecular weight excluding hydrogens is 352 g/mol. The maximum atomic E-state index is 5.37. The SMILES string of the molecule is COc1ccc(CNc2cc(C)nc(Nc3c(C)cccc3C)n2)cc1OC. The van der Waals surface area contributed by atoms with Gasteiger partial charge in [-0.05, 0) is 49.6 Å².